The Labute approximate surface area is 172 Å². The van der Waals surface area contributed by atoms with Gasteiger partial charge in [0.2, 0.25) is 5.91 Å². The van der Waals surface area contributed by atoms with Gasteiger partial charge in [-0.25, -0.2) is 4.79 Å². The first-order valence-corrected chi connectivity index (χ1v) is 9.92. The molecule has 1 aliphatic heterocycles. The molecule has 6 nitrogen and oxygen atoms in total. The predicted molar refractivity (Wildman–Crippen MR) is 111 cm³/mol. The molecule has 0 bridgehead atoms. The van der Waals surface area contributed by atoms with Crippen LogP contribution in [0.15, 0.2) is 53.0 Å². The van der Waals surface area contributed by atoms with E-state index in [9.17, 15) is 14.4 Å². The molecule has 0 aliphatic carbocycles. The molecule has 3 rings (SSSR count). The lowest BCUT2D eigenvalue weighted by Crippen LogP contribution is -2.44. The fourth-order valence-corrected chi connectivity index (χ4v) is 3.95. The second-order valence-electron chi connectivity index (χ2n) is 6.85. The number of nitrogens with zero attached hydrogens (tertiary/aromatic N) is 1. The maximum Gasteiger partial charge on any atom is 0.325 e. The van der Waals surface area contributed by atoms with Crippen molar-refractivity contribution in [3.05, 3.63) is 64.1 Å². The first-order valence-electron chi connectivity index (χ1n) is 9.13. The quantitative estimate of drug-likeness (QED) is 0.663. The number of anilines is 1. The monoisotopic (exact) mass is 443 g/mol. The average Bonchev–Trinajstić information content (AvgIpc) is 2.90. The second-order valence-corrected chi connectivity index (χ2v) is 7.77. The summed E-state index contributed by atoms with van der Waals surface area (Å²) in [4.78, 5) is 39.2. The van der Waals surface area contributed by atoms with E-state index in [0.29, 0.717) is 18.5 Å². The van der Waals surface area contributed by atoms with Gasteiger partial charge in [-0.1, -0.05) is 59.6 Å². The van der Waals surface area contributed by atoms with E-state index in [1.165, 1.54) is 0 Å². The zero-order chi connectivity index (χ0) is 20.3. The molecule has 0 aromatic heterocycles. The number of halogens is 1. The van der Waals surface area contributed by atoms with E-state index in [1.807, 2.05) is 56.3 Å². The van der Waals surface area contributed by atoms with E-state index in [0.717, 1.165) is 20.5 Å². The first-order chi connectivity index (χ1) is 13.4. The molecule has 2 aromatic rings. The van der Waals surface area contributed by atoms with Crippen LogP contribution in [0.4, 0.5) is 10.5 Å². The highest BCUT2D eigenvalue weighted by Crippen LogP contribution is 2.33. The standard InChI is InChI=1S/C21H22BrN3O3/c1-3-11-21(15-7-5-4-6-8-15)19(27)25(20(28)24-21)13-18(26)23-17-10-9-16(22)12-14(17)2/h4-10,12H,3,11,13H2,1-2H3,(H,23,26)(H,24,28)/t21-/m0/s1. The van der Waals surface area contributed by atoms with Gasteiger partial charge in [-0.05, 0) is 42.7 Å². The van der Waals surface area contributed by atoms with E-state index in [2.05, 4.69) is 26.6 Å². The van der Waals surface area contributed by atoms with Crippen LogP contribution >= 0.6 is 15.9 Å². The number of amides is 4. The van der Waals surface area contributed by atoms with Crippen LogP contribution in [0, 0.1) is 6.92 Å². The van der Waals surface area contributed by atoms with Crippen molar-refractivity contribution < 1.29 is 14.4 Å². The molecular weight excluding hydrogens is 422 g/mol. The summed E-state index contributed by atoms with van der Waals surface area (Å²) in [6.07, 6.45) is 1.17. The van der Waals surface area contributed by atoms with Gasteiger partial charge in [-0.2, -0.15) is 0 Å². The number of imide groups is 1. The van der Waals surface area contributed by atoms with Gasteiger partial charge in [0.25, 0.3) is 5.91 Å². The minimum atomic E-state index is -1.12. The minimum Gasteiger partial charge on any atom is -0.324 e. The fourth-order valence-electron chi connectivity index (χ4n) is 3.48. The Morgan fingerprint density at radius 2 is 1.89 bits per heavy atom. The van der Waals surface area contributed by atoms with Crippen LogP contribution in [-0.4, -0.2) is 29.3 Å². The summed E-state index contributed by atoms with van der Waals surface area (Å²) in [5, 5.41) is 5.59. The molecule has 4 amide bonds. The van der Waals surface area contributed by atoms with Gasteiger partial charge in [0.05, 0.1) is 0 Å². The van der Waals surface area contributed by atoms with Gasteiger partial charge >= 0.3 is 6.03 Å². The van der Waals surface area contributed by atoms with Gasteiger partial charge in [-0.3, -0.25) is 14.5 Å². The van der Waals surface area contributed by atoms with Crippen LogP contribution in [0.2, 0.25) is 0 Å². The number of aryl methyl sites for hydroxylation is 1. The number of hydrogen-bond donors (Lipinski definition) is 2. The molecule has 2 aromatic carbocycles. The molecule has 0 unspecified atom stereocenters. The molecule has 0 radical (unpaired) electrons. The molecule has 28 heavy (non-hydrogen) atoms. The van der Waals surface area contributed by atoms with Crippen molar-refractivity contribution in [1.29, 1.82) is 0 Å². The van der Waals surface area contributed by atoms with Crippen molar-refractivity contribution in [3.63, 3.8) is 0 Å². The van der Waals surface area contributed by atoms with E-state index in [-0.39, 0.29) is 6.54 Å². The summed E-state index contributed by atoms with van der Waals surface area (Å²) in [5.74, 6) is -0.817. The third-order valence-corrected chi connectivity index (χ3v) is 5.32. The zero-order valence-corrected chi connectivity index (χ0v) is 17.4. The number of nitrogens with one attached hydrogen (secondary N) is 2. The largest absolute Gasteiger partial charge is 0.325 e. The van der Waals surface area contributed by atoms with E-state index in [4.69, 9.17) is 0 Å². The molecule has 0 saturated carbocycles. The maximum atomic E-state index is 13.2. The molecule has 7 heteroatoms. The molecule has 1 aliphatic rings. The third-order valence-electron chi connectivity index (χ3n) is 4.83. The molecule has 146 valence electrons. The van der Waals surface area contributed by atoms with Gasteiger partial charge in [-0.15, -0.1) is 0 Å². The van der Waals surface area contributed by atoms with Crippen LogP contribution in [0.1, 0.15) is 30.9 Å². The average molecular weight is 444 g/mol. The molecular formula is C21H22BrN3O3. The molecule has 1 saturated heterocycles. The summed E-state index contributed by atoms with van der Waals surface area (Å²) < 4.78 is 0.907. The van der Waals surface area contributed by atoms with Gasteiger partial charge < -0.3 is 10.6 Å². The molecule has 1 atom stereocenters. The van der Waals surface area contributed by atoms with Gasteiger partial charge in [0.15, 0.2) is 0 Å². The van der Waals surface area contributed by atoms with Gasteiger partial charge in [0, 0.05) is 10.2 Å². The summed E-state index contributed by atoms with van der Waals surface area (Å²) in [6.45, 7) is 3.49. The van der Waals surface area contributed by atoms with Crippen molar-refractivity contribution in [2.45, 2.75) is 32.2 Å². The first kappa shape index (κ1) is 20.1. The van der Waals surface area contributed by atoms with Crippen molar-refractivity contribution in [3.8, 4) is 0 Å². The van der Waals surface area contributed by atoms with E-state index in [1.54, 1.807) is 6.07 Å². The number of urea groups is 1. The highest BCUT2D eigenvalue weighted by molar-refractivity contribution is 9.10. The van der Waals surface area contributed by atoms with Crippen LogP contribution in [0.5, 0.6) is 0 Å². The Hall–Kier alpha value is -2.67. The van der Waals surface area contributed by atoms with Crippen LogP contribution in [0.3, 0.4) is 0 Å². The molecule has 1 heterocycles. The number of carbonyl (C=O) groups excluding carboxylic acids is 3. The fraction of sp³-hybridized carbons (Fsp3) is 0.286. The van der Waals surface area contributed by atoms with Crippen LogP contribution in [0.25, 0.3) is 0 Å². The molecule has 1 fully saturated rings. The Kier molecular flexibility index (Phi) is 5.84. The van der Waals surface area contributed by atoms with E-state index >= 15 is 0 Å². The lowest BCUT2D eigenvalue weighted by Gasteiger charge is -2.26. The van der Waals surface area contributed by atoms with Crippen LogP contribution in [-0.2, 0) is 15.1 Å². The summed E-state index contributed by atoms with van der Waals surface area (Å²) >= 11 is 3.38. The molecule has 2 N–H and O–H groups in total. The second kappa shape index (κ2) is 8.14. The SMILES string of the molecule is CCC[C@@]1(c2ccccc2)NC(=O)N(CC(=O)Nc2ccc(Br)cc2C)C1=O. The summed E-state index contributed by atoms with van der Waals surface area (Å²) in [5.41, 5.74) is 1.12. The molecule has 0 spiro atoms. The Balaban J connectivity index is 1.80. The number of hydrogen-bond acceptors (Lipinski definition) is 3. The van der Waals surface area contributed by atoms with Crippen LogP contribution < -0.4 is 10.6 Å². The predicted octanol–water partition coefficient (Wildman–Crippen LogP) is 3.94. The lowest BCUT2D eigenvalue weighted by atomic mass is 9.85. The topological polar surface area (TPSA) is 78.5 Å². The highest BCUT2D eigenvalue weighted by atomic mass is 79.9. The smallest absolute Gasteiger partial charge is 0.324 e. The third kappa shape index (κ3) is 3.80. The Morgan fingerprint density at radius 3 is 2.54 bits per heavy atom. The van der Waals surface area contributed by atoms with Crippen molar-refractivity contribution in [1.82, 2.24) is 10.2 Å². The van der Waals surface area contributed by atoms with Crippen molar-refractivity contribution in [2.24, 2.45) is 0 Å². The minimum absolute atomic E-state index is 0.335. The normalized spacial score (nSPS) is 18.9. The summed E-state index contributed by atoms with van der Waals surface area (Å²) in [7, 11) is 0. The Bertz CT molecular complexity index is 916. The lowest BCUT2D eigenvalue weighted by molar-refractivity contribution is -0.134. The number of carbonyl (C=O) groups is 3. The number of benzene rings is 2. The highest BCUT2D eigenvalue weighted by Gasteiger charge is 2.52. The van der Waals surface area contributed by atoms with Crippen molar-refractivity contribution >= 4 is 39.5 Å². The maximum absolute atomic E-state index is 13.2. The summed E-state index contributed by atoms with van der Waals surface area (Å²) in [6, 6.07) is 14.1. The Morgan fingerprint density at radius 1 is 1.18 bits per heavy atom. The van der Waals surface area contributed by atoms with E-state index < -0.39 is 23.4 Å². The van der Waals surface area contributed by atoms with Crippen molar-refractivity contribution in [2.75, 3.05) is 11.9 Å². The number of rotatable bonds is 6. The van der Waals surface area contributed by atoms with Gasteiger partial charge in [0.1, 0.15) is 12.1 Å². The zero-order valence-electron chi connectivity index (χ0n) is 15.8.